The Labute approximate surface area is 141 Å². The van der Waals surface area contributed by atoms with E-state index in [9.17, 15) is 4.79 Å². The number of carbonyl (C=O) groups excluding carboxylic acids is 1. The predicted molar refractivity (Wildman–Crippen MR) is 96.5 cm³/mol. The third kappa shape index (κ3) is 3.54. The second kappa shape index (κ2) is 6.71. The van der Waals surface area contributed by atoms with Gasteiger partial charge in [0.1, 0.15) is 5.75 Å². The highest BCUT2D eigenvalue weighted by Gasteiger charge is 2.09. The number of ether oxygens (including phenoxy) is 1. The van der Waals surface area contributed by atoms with Crippen molar-refractivity contribution in [2.45, 2.75) is 20.8 Å². The summed E-state index contributed by atoms with van der Waals surface area (Å²) in [5, 5.41) is 3.88. The van der Waals surface area contributed by atoms with Gasteiger partial charge in [-0.15, -0.1) is 0 Å². The molecular weight excluding hydrogens is 300 g/mol. The molecule has 0 aliphatic rings. The van der Waals surface area contributed by atoms with Crippen LogP contribution in [0.1, 0.15) is 16.8 Å². The van der Waals surface area contributed by atoms with E-state index in [1.54, 1.807) is 0 Å². The Kier molecular flexibility index (Phi) is 4.47. The van der Waals surface area contributed by atoms with E-state index in [-0.39, 0.29) is 12.5 Å². The summed E-state index contributed by atoms with van der Waals surface area (Å²) < 4.78 is 5.63. The molecule has 122 valence electrons. The molecule has 1 heterocycles. The molecule has 0 spiro atoms. The number of nitrogens with zero attached hydrogens (tertiary/aromatic N) is 1. The SMILES string of the molecule is Cc1ccc(OCC(=O)Nc2cccc3ccc(C)nc23)c(C)c1. The van der Waals surface area contributed by atoms with Gasteiger partial charge in [0.15, 0.2) is 6.61 Å². The van der Waals surface area contributed by atoms with Gasteiger partial charge >= 0.3 is 0 Å². The number of rotatable bonds is 4. The van der Waals surface area contributed by atoms with Crippen LogP contribution in [-0.2, 0) is 4.79 Å². The second-order valence-electron chi connectivity index (χ2n) is 5.94. The van der Waals surface area contributed by atoms with Gasteiger partial charge in [0.05, 0.1) is 11.2 Å². The highest BCUT2D eigenvalue weighted by atomic mass is 16.5. The van der Waals surface area contributed by atoms with E-state index in [4.69, 9.17) is 4.74 Å². The first-order valence-corrected chi connectivity index (χ1v) is 7.89. The summed E-state index contributed by atoms with van der Waals surface area (Å²) in [7, 11) is 0. The Balaban J connectivity index is 1.72. The molecule has 0 radical (unpaired) electrons. The first-order chi connectivity index (χ1) is 11.5. The van der Waals surface area contributed by atoms with Gasteiger partial charge in [0.2, 0.25) is 0 Å². The van der Waals surface area contributed by atoms with Crippen LogP contribution in [0.15, 0.2) is 48.5 Å². The minimum atomic E-state index is -0.203. The summed E-state index contributed by atoms with van der Waals surface area (Å²) in [6.07, 6.45) is 0. The van der Waals surface area contributed by atoms with E-state index >= 15 is 0 Å². The Hall–Kier alpha value is -2.88. The highest BCUT2D eigenvalue weighted by molar-refractivity contribution is 6.00. The van der Waals surface area contributed by atoms with E-state index in [0.717, 1.165) is 27.9 Å². The van der Waals surface area contributed by atoms with Crippen LogP contribution in [0, 0.1) is 20.8 Å². The van der Waals surface area contributed by atoms with Crippen LogP contribution in [0.3, 0.4) is 0 Å². The molecule has 24 heavy (non-hydrogen) atoms. The fourth-order valence-corrected chi connectivity index (χ4v) is 2.64. The number of nitrogens with one attached hydrogen (secondary N) is 1. The van der Waals surface area contributed by atoms with Gasteiger partial charge in [-0.25, -0.2) is 0 Å². The molecule has 0 saturated heterocycles. The molecule has 0 aliphatic carbocycles. The summed E-state index contributed by atoms with van der Waals surface area (Å²) in [5.41, 5.74) is 4.59. The summed E-state index contributed by atoms with van der Waals surface area (Å²) in [4.78, 5) is 16.7. The standard InChI is InChI=1S/C20H20N2O2/c1-13-7-10-18(14(2)11-13)24-12-19(23)22-17-6-4-5-16-9-8-15(3)21-20(16)17/h4-11H,12H2,1-3H3,(H,22,23). The number of carbonyl (C=O) groups is 1. The molecule has 2 aromatic carbocycles. The summed E-state index contributed by atoms with van der Waals surface area (Å²) in [6, 6.07) is 15.6. The van der Waals surface area contributed by atoms with Crippen molar-refractivity contribution in [2.75, 3.05) is 11.9 Å². The topological polar surface area (TPSA) is 51.2 Å². The Morgan fingerprint density at radius 2 is 1.92 bits per heavy atom. The van der Waals surface area contributed by atoms with Crippen molar-refractivity contribution in [3.8, 4) is 5.75 Å². The highest BCUT2D eigenvalue weighted by Crippen LogP contribution is 2.22. The molecule has 1 N–H and O–H groups in total. The lowest BCUT2D eigenvalue weighted by Crippen LogP contribution is -2.20. The van der Waals surface area contributed by atoms with Crippen molar-refractivity contribution < 1.29 is 9.53 Å². The minimum Gasteiger partial charge on any atom is -0.483 e. The quantitative estimate of drug-likeness (QED) is 0.784. The number of aryl methyl sites for hydroxylation is 3. The van der Waals surface area contributed by atoms with Crippen LogP contribution in [0.2, 0.25) is 0 Å². The molecule has 0 fully saturated rings. The van der Waals surface area contributed by atoms with Crippen molar-refractivity contribution in [3.63, 3.8) is 0 Å². The van der Waals surface area contributed by atoms with E-state index in [0.29, 0.717) is 5.69 Å². The molecule has 0 saturated carbocycles. The number of hydrogen-bond donors (Lipinski definition) is 1. The largest absolute Gasteiger partial charge is 0.483 e. The molecule has 1 aromatic heterocycles. The number of pyridine rings is 1. The molecule has 0 atom stereocenters. The third-order valence-electron chi connectivity index (χ3n) is 3.82. The average Bonchev–Trinajstić information content (AvgIpc) is 2.54. The zero-order valence-corrected chi connectivity index (χ0v) is 14.1. The van der Waals surface area contributed by atoms with Crippen LogP contribution < -0.4 is 10.1 Å². The number of anilines is 1. The number of benzene rings is 2. The van der Waals surface area contributed by atoms with Crippen LogP contribution in [0.5, 0.6) is 5.75 Å². The first kappa shape index (κ1) is 16.0. The van der Waals surface area contributed by atoms with Gasteiger partial charge in [-0.3, -0.25) is 9.78 Å². The first-order valence-electron chi connectivity index (χ1n) is 7.89. The van der Waals surface area contributed by atoms with Crippen molar-refractivity contribution in [1.82, 2.24) is 4.98 Å². The molecule has 3 rings (SSSR count). The van der Waals surface area contributed by atoms with E-state index < -0.39 is 0 Å². The van der Waals surface area contributed by atoms with Gasteiger partial charge in [-0.2, -0.15) is 0 Å². The zero-order valence-electron chi connectivity index (χ0n) is 14.1. The fraction of sp³-hybridized carbons (Fsp3) is 0.200. The fourth-order valence-electron chi connectivity index (χ4n) is 2.64. The van der Waals surface area contributed by atoms with Crippen molar-refractivity contribution in [2.24, 2.45) is 0 Å². The van der Waals surface area contributed by atoms with Gasteiger partial charge in [-0.1, -0.05) is 35.9 Å². The lowest BCUT2D eigenvalue weighted by molar-refractivity contribution is -0.118. The van der Waals surface area contributed by atoms with E-state index in [1.165, 1.54) is 5.56 Å². The minimum absolute atomic E-state index is 0.0356. The lowest BCUT2D eigenvalue weighted by atomic mass is 10.1. The molecular formula is C20H20N2O2. The summed E-state index contributed by atoms with van der Waals surface area (Å²) in [5.74, 6) is 0.522. The Morgan fingerprint density at radius 3 is 2.71 bits per heavy atom. The summed E-state index contributed by atoms with van der Waals surface area (Å²) in [6.45, 7) is 5.89. The maximum atomic E-state index is 12.2. The monoisotopic (exact) mass is 320 g/mol. The maximum absolute atomic E-state index is 12.2. The number of aromatic nitrogens is 1. The van der Waals surface area contributed by atoms with E-state index in [1.807, 2.05) is 69.3 Å². The molecule has 4 heteroatoms. The molecule has 0 unspecified atom stereocenters. The number of hydrogen-bond acceptors (Lipinski definition) is 3. The van der Waals surface area contributed by atoms with Crippen molar-refractivity contribution in [1.29, 1.82) is 0 Å². The van der Waals surface area contributed by atoms with Crippen LogP contribution in [-0.4, -0.2) is 17.5 Å². The Bertz CT molecular complexity index is 903. The maximum Gasteiger partial charge on any atom is 0.262 e. The molecule has 1 amide bonds. The Morgan fingerprint density at radius 1 is 1.08 bits per heavy atom. The van der Waals surface area contributed by atoms with Gasteiger partial charge in [0, 0.05) is 11.1 Å². The zero-order chi connectivity index (χ0) is 17.1. The van der Waals surface area contributed by atoms with Crippen molar-refractivity contribution in [3.05, 3.63) is 65.4 Å². The van der Waals surface area contributed by atoms with E-state index in [2.05, 4.69) is 10.3 Å². The van der Waals surface area contributed by atoms with Gasteiger partial charge < -0.3 is 10.1 Å². The smallest absolute Gasteiger partial charge is 0.262 e. The average molecular weight is 320 g/mol. The second-order valence-corrected chi connectivity index (χ2v) is 5.94. The molecule has 0 aliphatic heterocycles. The van der Waals surface area contributed by atoms with Gasteiger partial charge in [0.25, 0.3) is 5.91 Å². The van der Waals surface area contributed by atoms with Crippen molar-refractivity contribution >= 4 is 22.5 Å². The van der Waals surface area contributed by atoms with Crippen LogP contribution in [0.4, 0.5) is 5.69 Å². The molecule has 0 bridgehead atoms. The number of amides is 1. The number of para-hydroxylation sites is 1. The third-order valence-corrected chi connectivity index (χ3v) is 3.82. The predicted octanol–water partition coefficient (Wildman–Crippen LogP) is 4.18. The normalized spacial score (nSPS) is 10.6. The lowest BCUT2D eigenvalue weighted by Gasteiger charge is -2.11. The van der Waals surface area contributed by atoms with Crippen LogP contribution >= 0.6 is 0 Å². The van der Waals surface area contributed by atoms with Crippen LogP contribution in [0.25, 0.3) is 10.9 Å². The molecule has 3 aromatic rings. The van der Waals surface area contributed by atoms with Gasteiger partial charge in [-0.05, 0) is 44.5 Å². The summed E-state index contributed by atoms with van der Waals surface area (Å²) >= 11 is 0. The molecule has 4 nitrogen and oxygen atoms in total. The number of fused-ring (bicyclic) bond motifs is 1.